The summed E-state index contributed by atoms with van der Waals surface area (Å²) in [7, 11) is 1.55. The fraction of sp³-hybridized carbons (Fsp3) is 0.105. The van der Waals surface area contributed by atoms with Gasteiger partial charge in [0.05, 0.1) is 18.5 Å². The van der Waals surface area contributed by atoms with Crippen molar-refractivity contribution >= 4 is 34.2 Å². The number of halogens is 1. The number of anilines is 1. The Balaban J connectivity index is 1.55. The van der Waals surface area contributed by atoms with Gasteiger partial charge < -0.3 is 4.74 Å². The highest BCUT2D eigenvalue weighted by Crippen LogP contribution is 2.24. The SMILES string of the molecule is COc1cccc(C(=O)Nc2nc(-c3nnn(-c4ccc(Cl)cc4)c3C)ns2)c1. The molecule has 29 heavy (non-hydrogen) atoms. The van der Waals surface area contributed by atoms with Crippen molar-refractivity contribution in [1.82, 2.24) is 24.4 Å². The van der Waals surface area contributed by atoms with Crippen LogP contribution in [0.2, 0.25) is 5.02 Å². The fourth-order valence-electron chi connectivity index (χ4n) is 2.67. The average molecular weight is 427 g/mol. The highest BCUT2D eigenvalue weighted by Gasteiger charge is 2.18. The number of nitrogens with zero attached hydrogens (tertiary/aromatic N) is 5. The van der Waals surface area contributed by atoms with E-state index in [1.807, 2.05) is 19.1 Å². The quantitative estimate of drug-likeness (QED) is 0.518. The van der Waals surface area contributed by atoms with Crippen LogP contribution >= 0.6 is 23.1 Å². The van der Waals surface area contributed by atoms with E-state index in [2.05, 4.69) is 25.0 Å². The lowest BCUT2D eigenvalue weighted by Crippen LogP contribution is -2.11. The zero-order valence-corrected chi connectivity index (χ0v) is 17.0. The molecule has 0 saturated carbocycles. The zero-order valence-electron chi connectivity index (χ0n) is 15.5. The van der Waals surface area contributed by atoms with Gasteiger partial charge in [-0.3, -0.25) is 10.1 Å². The number of nitrogens with one attached hydrogen (secondary N) is 1. The van der Waals surface area contributed by atoms with Gasteiger partial charge >= 0.3 is 0 Å². The third kappa shape index (κ3) is 3.96. The molecule has 2 heterocycles. The largest absolute Gasteiger partial charge is 0.497 e. The van der Waals surface area contributed by atoms with Crippen molar-refractivity contribution in [3.63, 3.8) is 0 Å². The van der Waals surface area contributed by atoms with Crippen LogP contribution in [0.15, 0.2) is 48.5 Å². The lowest BCUT2D eigenvalue weighted by Gasteiger charge is -2.03. The van der Waals surface area contributed by atoms with Crippen molar-refractivity contribution in [2.24, 2.45) is 0 Å². The summed E-state index contributed by atoms with van der Waals surface area (Å²) < 4.78 is 11.1. The van der Waals surface area contributed by atoms with Crippen LogP contribution in [0.3, 0.4) is 0 Å². The Labute approximate surface area is 175 Å². The van der Waals surface area contributed by atoms with E-state index in [4.69, 9.17) is 16.3 Å². The maximum absolute atomic E-state index is 12.4. The second-order valence-electron chi connectivity index (χ2n) is 6.02. The van der Waals surface area contributed by atoms with Crippen LogP contribution in [0.25, 0.3) is 17.2 Å². The van der Waals surface area contributed by atoms with E-state index in [1.165, 1.54) is 0 Å². The minimum Gasteiger partial charge on any atom is -0.497 e. The lowest BCUT2D eigenvalue weighted by atomic mass is 10.2. The van der Waals surface area contributed by atoms with Gasteiger partial charge in [0.1, 0.15) is 5.75 Å². The van der Waals surface area contributed by atoms with E-state index in [0.717, 1.165) is 22.9 Å². The summed E-state index contributed by atoms with van der Waals surface area (Å²) in [5.74, 6) is 0.701. The van der Waals surface area contributed by atoms with Gasteiger partial charge in [0, 0.05) is 22.1 Å². The van der Waals surface area contributed by atoms with Crippen molar-refractivity contribution in [3.8, 4) is 23.0 Å². The van der Waals surface area contributed by atoms with E-state index >= 15 is 0 Å². The molecule has 0 saturated heterocycles. The monoisotopic (exact) mass is 426 g/mol. The average Bonchev–Trinajstić information content (AvgIpc) is 3.35. The molecule has 0 aliphatic rings. The van der Waals surface area contributed by atoms with Crippen LogP contribution in [0.5, 0.6) is 5.75 Å². The third-order valence-corrected chi connectivity index (χ3v) is 5.04. The molecule has 2 aromatic carbocycles. The molecule has 0 radical (unpaired) electrons. The number of carbonyl (C=O) groups is 1. The number of methoxy groups -OCH3 is 1. The topological polar surface area (TPSA) is 94.8 Å². The van der Waals surface area contributed by atoms with Crippen molar-refractivity contribution in [2.75, 3.05) is 12.4 Å². The molecular weight excluding hydrogens is 412 g/mol. The van der Waals surface area contributed by atoms with Crippen LogP contribution in [-0.4, -0.2) is 37.4 Å². The third-order valence-electron chi connectivity index (χ3n) is 4.16. The van der Waals surface area contributed by atoms with Crippen LogP contribution in [-0.2, 0) is 0 Å². The Hall–Kier alpha value is -3.30. The van der Waals surface area contributed by atoms with Crippen LogP contribution in [0.4, 0.5) is 5.13 Å². The molecule has 0 unspecified atom stereocenters. The molecule has 0 aliphatic carbocycles. The second-order valence-corrected chi connectivity index (χ2v) is 7.21. The molecule has 0 bridgehead atoms. The van der Waals surface area contributed by atoms with Gasteiger partial charge in [-0.05, 0) is 49.4 Å². The van der Waals surface area contributed by atoms with Crippen molar-refractivity contribution in [3.05, 3.63) is 64.8 Å². The van der Waals surface area contributed by atoms with Gasteiger partial charge in [-0.2, -0.15) is 9.36 Å². The number of ether oxygens (including phenoxy) is 1. The predicted molar refractivity (Wildman–Crippen MR) is 111 cm³/mol. The zero-order chi connectivity index (χ0) is 20.4. The maximum atomic E-state index is 12.4. The van der Waals surface area contributed by atoms with Crippen molar-refractivity contribution in [1.29, 1.82) is 0 Å². The van der Waals surface area contributed by atoms with E-state index in [0.29, 0.717) is 33.0 Å². The number of hydrogen-bond acceptors (Lipinski definition) is 7. The Bertz CT molecular complexity index is 1170. The summed E-state index contributed by atoms with van der Waals surface area (Å²) in [5.41, 5.74) is 2.60. The molecule has 4 aromatic rings. The van der Waals surface area contributed by atoms with Gasteiger partial charge in [-0.1, -0.05) is 22.9 Å². The van der Waals surface area contributed by atoms with Gasteiger partial charge in [0.15, 0.2) is 11.5 Å². The number of rotatable bonds is 5. The maximum Gasteiger partial charge on any atom is 0.257 e. The van der Waals surface area contributed by atoms with Gasteiger partial charge in [0.25, 0.3) is 5.91 Å². The first-order chi connectivity index (χ1) is 14.0. The standard InChI is InChI=1S/C19H15ClN6O2S/c1-11-16(23-25-26(11)14-8-6-13(20)7-9-14)17-21-19(29-24-17)22-18(27)12-4-3-5-15(10-12)28-2/h3-10H,1-2H3,(H,21,22,24,27). The molecule has 0 aliphatic heterocycles. The molecular formula is C19H15ClN6O2S. The van der Waals surface area contributed by atoms with Gasteiger partial charge in [0.2, 0.25) is 5.13 Å². The molecule has 1 N–H and O–H groups in total. The summed E-state index contributed by atoms with van der Waals surface area (Å²) in [5, 5.41) is 12.1. The second kappa shape index (κ2) is 7.98. The smallest absolute Gasteiger partial charge is 0.257 e. The first-order valence-corrected chi connectivity index (χ1v) is 9.68. The van der Waals surface area contributed by atoms with Crippen LogP contribution in [0.1, 0.15) is 16.1 Å². The van der Waals surface area contributed by atoms with E-state index in [9.17, 15) is 4.79 Å². The summed E-state index contributed by atoms with van der Waals surface area (Å²) in [4.78, 5) is 16.8. The molecule has 1 amide bonds. The summed E-state index contributed by atoms with van der Waals surface area (Å²) >= 11 is 7.01. The lowest BCUT2D eigenvalue weighted by molar-refractivity contribution is 0.102. The molecule has 10 heteroatoms. The molecule has 0 fully saturated rings. The number of benzene rings is 2. The fourth-order valence-corrected chi connectivity index (χ4v) is 3.36. The van der Waals surface area contributed by atoms with Crippen molar-refractivity contribution < 1.29 is 9.53 Å². The minimum atomic E-state index is -0.298. The number of amides is 1. The van der Waals surface area contributed by atoms with E-state index in [-0.39, 0.29) is 5.91 Å². The molecule has 0 spiro atoms. The number of aromatic nitrogens is 5. The number of hydrogen-bond donors (Lipinski definition) is 1. The predicted octanol–water partition coefficient (Wildman–Crippen LogP) is 4.01. The Morgan fingerprint density at radius 3 is 2.76 bits per heavy atom. The Morgan fingerprint density at radius 2 is 2.00 bits per heavy atom. The van der Waals surface area contributed by atoms with Gasteiger partial charge in [-0.25, -0.2) is 4.68 Å². The molecule has 0 atom stereocenters. The molecule has 146 valence electrons. The highest BCUT2D eigenvalue weighted by atomic mass is 35.5. The Morgan fingerprint density at radius 1 is 1.21 bits per heavy atom. The summed E-state index contributed by atoms with van der Waals surface area (Å²) in [6.07, 6.45) is 0. The minimum absolute atomic E-state index is 0.298. The first-order valence-electron chi connectivity index (χ1n) is 8.53. The highest BCUT2D eigenvalue weighted by molar-refractivity contribution is 7.10. The summed E-state index contributed by atoms with van der Waals surface area (Å²) in [6, 6.07) is 14.1. The molecule has 2 aromatic heterocycles. The van der Waals surface area contributed by atoms with E-state index < -0.39 is 0 Å². The van der Waals surface area contributed by atoms with Crippen LogP contribution < -0.4 is 10.1 Å². The summed E-state index contributed by atoms with van der Waals surface area (Å²) in [6.45, 7) is 1.87. The molecule has 8 nitrogen and oxygen atoms in total. The van der Waals surface area contributed by atoms with E-state index in [1.54, 1.807) is 48.2 Å². The van der Waals surface area contributed by atoms with Gasteiger partial charge in [-0.15, -0.1) is 5.10 Å². The molecule has 4 rings (SSSR count). The first kappa shape index (κ1) is 19.0. The van der Waals surface area contributed by atoms with Crippen LogP contribution in [0, 0.1) is 6.92 Å². The normalized spacial score (nSPS) is 10.7. The van der Waals surface area contributed by atoms with Crippen molar-refractivity contribution in [2.45, 2.75) is 6.92 Å². The Kier molecular flexibility index (Phi) is 5.24. The number of carbonyl (C=O) groups excluding carboxylic acids is 1.